The van der Waals surface area contributed by atoms with Crippen molar-refractivity contribution in [2.24, 2.45) is 5.41 Å². The SMILES string of the molecule is CCCNC1CC(Oc2c(F)cccc2[N+](=O)[O-])C1(C)C. The fraction of sp³-hybridized carbons (Fsp3) is 0.600. The van der Waals surface area contributed by atoms with Crippen molar-refractivity contribution in [2.45, 2.75) is 45.8 Å². The lowest BCUT2D eigenvalue weighted by atomic mass is 9.64. The molecule has 1 fully saturated rings. The second kappa shape index (κ2) is 5.97. The number of hydrogen-bond donors (Lipinski definition) is 1. The number of nitro groups is 1. The minimum absolute atomic E-state index is 0.189. The molecule has 0 spiro atoms. The zero-order valence-electron chi connectivity index (χ0n) is 12.6. The van der Waals surface area contributed by atoms with Gasteiger partial charge in [0.1, 0.15) is 6.10 Å². The minimum atomic E-state index is -0.690. The van der Waals surface area contributed by atoms with Crippen molar-refractivity contribution in [1.29, 1.82) is 0 Å². The number of rotatable bonds is 6. The molecule has 0 aliphatic heterocycles. The number of para-hydroxylation sites is 1. The van der Waals surface area contributed by atoms with Gasteiger partial charge in [-0.1, -0.05) is 26.8 Å². The van der Waals surface area contributed by atoms with Gasteiger partial charge in [0, 0.05) is 23.9 Å². The smallest absolute Gasteiger partial charge is 0.314 e. The van der Waals surface area contributed by atoms with Gasteiger partial charge < -0.3 is 10.1 Å². The van der Waals surface area contributed by atoms with E-state index in [9.17, 15) is 14.5 Å². The van der Waals surface area contributed by atoms with Gasteiger partial charge in [-0.15, -0.1) is 0 Å². The van der Waals surface area contributed by atoms with Gasteiger partial charge in [0.2, 0.25) is 5.75 Å². The van der Waals surface area contributed by atoms with E-state index in [-0.39, 0.29) is 29.0 Å². The average molecular weight is 296 g/mol. The number of nitrogens with zero attached hydrogens (tertiary/aromatic N) is 1. The molecule has 2 rings (SSSR count). The Morgan fingerprint density at radius 1 is 1.52 bits per heavy atom. The normalized spacial score (nSPS) is 23.4. The molecule has 1 aliphatic carbocycles. The topological polar surface area (TPSA) is 64.4 Å². The van der Waals surface area contributed by atoms with Gasteiger partial charge >= 0.3 is 5.69 Å². The highest BCUT2D eigenvalue weighted by Gasteiger charge is 2.50. The van der Waals surface area contributed by atoms with Crippen molar-refractivity contribution in [3.63, 3.8) is 0 Å². The highest BCUT2D eigenvalue weighted by molar-refractivity contribution is 5.47. The average Bonchev–Trinajstić information content (AvgIpc) is 2.43. The molecule has 0 saturated heterocycles. The van der Waals surface area contributed by atoms with Crippen LogP contribution in [-0.4, -0.2) is 23.6 Å². The summed E-state index contributed by atoms with van der Waals surface area (Å²) in [4.78, 5) is 10.4. The Morgan fingerprint density at radius 2 is 2.24 bits per heavy atom. The highest BCUT2D eigenvalue weighted by atomic mass is 19.1. The lowest BCUT2D eigenvalue weighted by Crippen LogP contribution is -2.62. The van der Waals surface area contributed by atoms with Gasteiger partial charge in [0.25, 0.3) is 0 Å². The summed E-state index contributed by atoms with van der Waals surface area (Å²) in [5.41, 5.74) is -0.513. The van der Waals surface area contributed by atoms with E-state index in [1.807, 2.05) is 13.8 Å². The zero-order valence-corrected chi connectivity index (χ0v) is 12.6. The summed E-state index contributed by atoms with van der Waals surface area (Å²) < 4.78 is 19.5. The highest BCUT2D eigenvalue weighted by Crippen LogP contribution is 2.44. The van der Waals surface area contributed by atoms with Gasteiger partial charge in [0.05, 0.1) is 4.92 Å². The number of nitrogens with one attached hydrogen (secondary N) is 1. The minimum Gasteiger partial charge on any atom is -0.481 e. The summed E-state index contributed by atoms with van der Waals surface area (Å²) in [5, 5.41) is 14.4. The lowest BCUT2D eigenvalue weighted by molar-refractivity contribution is -0.386. The van der Waals surface area contributed by atoms with Crippen LogP contribution in [0.1, 0.15) is 33.6 Å². The van der Waals surface area contributed by atoms with Crippen LogP contribution in [0.15, 0.2) is 18.2 Å². The molecule has 1 N–H and O–H groups in total. The molecule has 6 heteroatoms. The first-order valence-corrected chi connectivity index (χ1v) is 7.20. The van der Waals surface area contributed by atoms with Crippen molar-refractivity contribution >= 4 is 5.69 Å². The molecule has 0 aromatic heterocycles. The van der Waals surface area contributed by atoms with Crippen LogP contribution in [0, 0.1) is 21.3 Å². The van der Waals surface area contributed by atoms with E-state index < -0.39 is 10.7 Å². The number of benzene rings is 1. The van der Waals surface area contributed by atoms with Gasteiger partial charge in [-0.2, -0.15) is 0 Å². The maximum Gasteiger partial charge on any atom is 0.314 e. The van der Waals surface area contributed by atoms with Crippen molar-refractivity contribution < 1.29 is 14.1 Å². The molecule has 0 amide bonds. The first-order chi connectivity index (χ1) is 9.87. The van der Waals surface area contributed by atoms with E-state index in [4.69, 9.17) is 4.74 Å². The van der Waals surface area contributed by atoms with E-state index >= 15 is 0 Å². The Kier molecular flexibility index (Phi) is 4.46. The molecule has 1 saturated carbocycles. The largest absolute Gasteiger partial charge is 0.481 e. The molecule has 1 aromatic rings. The summed E-state index contributed by atoms with van der Waals surface area (Å²) in [6.45, 7) is 7.07. The van der Waals surface area contributed by atoms with Crippen LogP contribution in [0.5, 0.6) is 5.75 Å². The van der Waals surface area contributed by atoms with E-state index in [1.165, 1.54) is 18.2 Å². The second-order valence-corrected chi connectivity index (χ2v) is 6.02. The molecule has 0 heterocycles. The molecule has 0 bridgehead atoms. The molecular formula is C15H21FN2O3. The molecule has 21 heavy (non-hydrogen) atoms. The van der Waals surface area contributed by atoms with Crippen LogP contribution < -0.4 is 10.1 Å². The summed E-state index contributed by atoms with van der Waals surface area (Å²) in [6.07, 6.45) is 1.53. The Hall–Kier alpha value is -1.69. The standard InChI is InChI=1S/C15H21FN2O3/c1-4-8-17-12-9-13(15(12,2)3)21-14-10(16)6-5-7-11(14)18(19)20/h5-7,12-13,17H,4,8-9H2,1-3H3. The molecule has 116 valence electrons. The molecule has 2 atom stereocenters. The zero-order chi connectivity index (χ0) is 15.6. The van der Waals surface area contributed by atoms with Crippen molar-refractivity contribution in [1.82, 2.24) is 5.32 Å². The predicted molar refractivity (Wildman–Crippen MR) is 78.0 cm³/mol. The third kappa shape index (κ3) is 3.00. The van der Waals surface area contributed by atoms with Gasteiger partial charge in [-0.25, -0.2) is 4.39 Å². The van der Waals surface area contributed by atoms with Gasteiger partial charge in [-0.3, -0.25) is 10.1 Å². The Balaban J connectivity index is 2.12. The molecule has 1 aliphatic rings. The molecular weight excluding hydrogens is 275 g/mol. The summed E-state index contributed by atoms with van der Waals surface area (Å²) in [5.74, 6) is -0.945. The van der Waals surface area contributed by atoms with Crippen molar-refractivity contribution in [2.75, 3.05) is 6.54 Å². The molecule has 2 unspecified atom stereocenters. The maximum absolute atomic E-state index is 13.8. The number of hydrogen-bond acceptors (Lipinski definition) is 4. The lowest BCUT2D eigenvalue weighted by Gasteiger charge is -2.51. The fourth-order valence-electron chi connectivity index (χ4n) is 2.65. The van der Waals surface area contributed by atoms with E-state index in [0.717, 1.165) is 19.4 Å². The Bertz CT molecular complexity index is 534. The van der Waals surface area contributed by atoms with E-state index in [2.05, 4.69) is 12.2 Å². The number of halogens is 1. The van der Waals surface area contributed by atoms with Crippen LogP contribution >= 0.6 is 0 Å². The van der Waals surface area contributed by atoms with Crippen LogP contribution in [0.4, 0.5) is 10.1 Å². The molecule has 5 nitrogen and oxygen atoms in total. The van der Waals surface area contributed by atoms with E-state index in [1.54, 1.807) is 0 Å². The fourth-order valence-corrected chi connectivity index (χ4v) is 2.65. The van der Waals surface area contributed by atoms with Crippen LogP contribution in [0.3, 0.4) is 0 Å². The van der Waals surface area contributed by atoms with Crippen molar-refractivity contribution in [3.8, 4) is 5.75 Å². The first kappa shape index (κ1) is 15.7. The maximum atomic E-state index is 13.8. The summed E-state index contributed by atoms with van der Waals surface area (Å²) in [6, 6.07) is 4.04. The molecule has 0 radical (unpaired) electrons. The quantitative estimate of drug-likeness (QED) is 0.646. The summed E-state index contributed by atoms with van der Waals surface area (Å²) in [7, 11) is 0. The monoisotopic (exact) mass is 296 g/mol. The Labute approximate surface area is 123 Å². The van der Waals surface area contributed by atoms with E-state index in [0.29, 0.717) is 0 Å². The number of nitro benzene ring substituents is 1. The Morgan fingerprint density at radius 3 is 2.81 bits per heavy atom. The van der Waals surface area contributed by atoms with Gasteiger partial charge in [-0.05, 0) is 19.0 Å². The van der Waals surface area contributed by atoms with Crippen LogP contribution in [-0.2, 0) is 0 Å². The first-order valence-electron chi connectivity index (χ1n) is 7.20. The third-order valence-corrected chi connectivity index (χ3v) is 4.22. The van der Waals surface area contributed by atoms with Crippen LogP contribution in [0.2, 0.25) is 0 Å². The molecule has 1 aromatic carbocycles. The summed E-state index contributed by atoms with van der Waals surface area (Å²) >= 11 is 0. The van der Waals surface area contributed by atoms with Gasteiger partial charge in [0.15, 0.2) is 5.82 Å². The third-order valence-electron chi connectivity index (χ3n) is 4.22. The van der Waals surface area contributed by atoms with Crippen molar-refractivity contribution in [3.05, 3.63) is 34.1 Å². The number of ether oxygens (including phenoxy) is 1. The van der Waals surface area contributed by atoms with Crippen LogP contribution in [0.25, 0.3) is 0 Å². The second-order valence-electron chi connectivity index (χ2n) is 6.02. The predicted octanol–water partition coefficient (Wildman–Crippen LogP) is 3.28.